The summed E-state index contributed by atoms with van der Waals surface area (Å²) < 4.78 is 6.24. The number of amides is 1. The molecule has 1 amide bonds. The average molecular weight is 302 g/mol. The predicted molar refractivity (Wildman–Crippen MR) is 84.7 cm³/mol. The molecule has 1 rings (SSSR count). The van der Waals surface area contributed by atoms with E-state index < -0.39 is 14.4 Å². The van der Waals surface area contributed by atoms with E-state index in [1.165, 1.54) is 0 Å². The smallest absolute Gasteiger partial charge is 0.408 e. The highest BCUT2D eigenvalue weighted by Crippen LogP contribution is 2.38. The molecule has 20 heavy (non-hydrogen) atoms. The Morgan fingerprint density at radius 1 is 1.40 bits per heavy atom. The summed E-state index contributed by atoms with van der Waals surface area (Å²) in [5.41, 5.74) is -0.286. The zero-order valence-corrected chi connectivity index (χ0v) is 15.1. The first-order valence-electron chi connectivity index (χ1n) is 7.55. The monoisotopic (exact) mass is 301 g/mol. The van der Waals surface area contributed by atoms with Crippen LogP contribution in [0.15, 0.2) is 0 Å². The lowest BCUT2D eigenvalue weighted by molar-refractivity contribution is 0.0105. The second kappa shape index (κ2) is 5.68. The Bertz CT molecular complexity index is 361. The van der Waals surface area contributed by atoms with Gasteiger partial charge >= 0.3 is 6.09 Å². The third-order valence-electron chi connectivity index (χ3n) is 4.99. The van der Waals surface area contributed by atoms with Crippen molar-refractivity contribution in [2.24, 2.45) is 0 Å². The van der Waals surface area contributed by atoms with E-state index in [4.69, 9.17) is 4.43 Å². The van der Waals surface area contributed by atoms with Crippen LogP contribution < -0.4 is 0 Å². The van der Waals surface area contributed by atoms with E-state index >= 15 is 0 Å². The molecule has 1 fully saturated rings. The van der Waals surface area contributed by atoms with E-state index in [0.717, 1.165) is 19.3 Å². The third-order valence-corrected chi connectivity index (χ3v) is 9.49. The first-order valence-corrected chi connectivity index (χ1v) is 10.5. The largest absolute Gasteiger partial charge is 0.465 e. The molecular weight excluding hydrogens is 270 g/mol. The normalized spacial score (nSPS) is 23.8. The van der Waals surface area contributed by atoms with Gasteiger partial charge in [0.05, 0.1) is 12.6 Å². The van der Waals surface area contributed by atoms with Gasteiger partial charge < -0.3 is 9.53 Å². The lowest BCUT2D eigenvalue weighted by atomic mass is 9.87. The minimum atomic E-state index is -1.82. The van der Waals surface area contributed by atoms with Crippen molar-refractivity contribution in [3.05, 3.63) is 0 Å². The molecule has 0 aromatic heterocycles. The van der Waals surface area contributed by atoms with Crippen LogP contribution in [0.3, 0.4) is 0 Å². The van der Waals surface area contributed by atoms with Crippen LogP contribution in [0.2, 0.25) is 18.1 Å². The Labute approximate surface area is 124 Å². The molecule has 1 heterocycles. The van der Waals surface area contributed by atoms with Crippen molar-refractivity contribution < 1.29 is 14.3 Å². The maximum atomic E-state index is 11.6. The number of hydrogen-bond acceptors (Lipinski definition) is 2. The molecule has 1 aliphatic heterocycles. The van der Waals surface area contributed by atoms with Crippen molar-refractivity contribution in [1.29, 1.82) is 0 Å². The van der Waals surface area contributed by atoms with Gasteiger partial charge in [0, 0.05) is 5.54 Å². The minimum absolute atomic E-state index is 0.00891. The maximum Gasteiger partial charge on any atom is 0.408 e. The highest BCUT2D eigenvalue weighted by Gasteiger charge is 2.42. The van der Waals surface area contributed by atoms with E-state index in [9.17, 15) is 9.90 Å². The third kappa shape index (κ3) is 3.76. The number of nitrogens with zero attached hydrogens (tertiary/aromatic N) is 1. The lowest BCUT2D eigenvalue weighted by Crippen LogP contribution is -2.58. The summed E-state index contributed by atoms with van der Waals surface area (Å²) in [4.78, 5) is 13.2. The summed E-state index contributed by atoms with van der Waals surface area (Å²) in [6.07, 6.45) is 2.08. The number of likely N-dealkylation sites (tertiary alicyclic amines) is 1. The number of hydrogen-bond donors (Lipinski definition) is 1. The molecule has 1 unspecified atom stereocenters. The minimum Gasteiger partial charge on any atom is -0.465 e. The van der Waals surface area contributed by atoms with E-state index in [1.54, 1.807) is 4.90 Å². The number of rotatable bonds is 3. The van der Waals surface area contributed by atoms with Gasteiger partial charge in [0.1, 0.15) is 0 Å². The molecule has 0 aliphatic carbocycles. The molecule has 1 atom stereocenters. The van der Waals surface area contributed by atoms with Gasteiger partial charge in [-0.2, -0.15) is 0 Å². The van der Waals surface area contributed by atoms with Crippen LogP contribution in [-0.4, -0.2) is 42.6 Å². The van der Waals surface area contributed by atoms with Gasteiger partial charge in [0.2, 0.25) is 0 Å². The van der Waals surface area contributed by atoms with E-state index in [2.05, 4.69) is 33.9 Å². The van der Waals surface area contributed by atoms with Gasteiger partial charge in [0.15, 0.2) is 8.32 Å². The summed E-state index contributed by atoms with van der Waals surface area (Å²) in [6.45, 7) is 15.6. The summed E-state index contributed by atoms with van der Waals surface area (Å²) in [5, 5.41) is 9.67. The molecule has 4 nitrogen and oxygen atoms in total. The highest BCUT2D eigenvalue weighted by atomic mass is 28.4. The van der Waals surface area contributed by atoms with E-state index in [0.29, 0.717) is 6.61 Å². The van der Waals surface area contributed by atoms with Crippen LogP contribution in [0, 0.1) is 0 Å². The zero-order valence-electron chi connectivity index (χ0n) is 14.1. The van der Waals surface area contributed by atoms with Crippen molar-refractivity contribution >= 4 is 14.4 Å². The zero-order chi connectivity index (χ0) is 15.8. The molecular formula is C15H31NO3Si. The molecule has 0 saturated carbocycles. The van der Waals surface area contributed by atoms with Gasteiger partial charge in [-0.3, -0.25) is 4.90 Å². The summed E-state index contributed by atoms with van der Waals surface area (Å²) in [7, 11) is -1.82. The maximum absolute atomic E-state index is 11.6. The molecule has 0 aromatic carbocycles. The molecule has 5 heteroatoms. The first kappa shape index (κ1) is 17.5. The highest BCUT2D eigenvalue weighted by molar-refractivity contribution is 6.74. The van der Waals surface area contributed by atoms with Crippen molar-refractivity contribution in [1.82, 2.24) is 4.90 Å². The van der Waals surface area contributed by atoms with Gasteiger partial charge in [-0.05, 0) is 51.2 Å². The number of carbonyl (C=O) groups is 1. The lowest BCUT2D eigenvalue weighted by Gasteiger charge is -2.47. The van der Waals surface area contributed by atoms with Crippen molar-refractivity contribution in [2.45, 2.75) is 83.6 Å². The quantitative estimate of drug-likeness (QED) is 0.790. The van der Waals surface area contributed by atoms with Crippen LogP contribution in [0.1, 0.15) is 53.9 Å². The predicted octanol–water partition coefficient (Wildman–Crippen LogP) is 4.32. The van der Waals surface area contributed by atoms with E-state index in [-0.39, 0.29) is 16.6 Å². The standard InChI is InChI=1S/C15H31NO3Si/c1-14(2,3)20(6,7)19-11-12-9-8-10-15(4,5)16(12)13(17)18/h12H,8-11H2,1-7H3,(H,17,18). The Hall–Kier alpha value is -0.553. The Morgan fingerprint density at radius 3 is 2.40 bits per heavy atom. The first-order chi connectivity index (χ1) is 8.88. The Morgan fingerprint density at radius 2 is 1.95 bits per heavy atom. The fourth-order valence-electron chi connectivity index (χ4n) is 2.61. The van der Waals surface area contributed by atoms with Crippen LogP contribution in [0.4, 0.5) is 4.79 Å². The second-order valence-electron chi connectivity index (χ2n) is 8.08. The molecule has 118 valence electrons. The van der Waals surface area contributed by atoms with Crippen LogP contribution in [0.25, 0.3) is 0 Å². The summed E-state index contributed by atoms with van der Waals surface area (Å²) in [6, 6.07) is -0.00891. The van der Waals surface area contributed by atoms with Gasteiger partial charge in [-0.15, -0.1) is 0 Å². The number of piperidine rings is 1. The SMILES string of the molecule is CC1(C)CCCC(CO[Si](C)(C)C(C)(C)C)N1C(=O)O. The van der Waals surface area contributed by atoms with Crippen LogP contribution in [0.5, 0.6) is 0 Å². The van der Waals surface area contributed by atoms with Crippen molar-refractivity contribution in [3.63, 3.8) is 0 Å². The summed E-state index contributed by atoms with van der Waals surface area (Å²) >= 11 is 0. The number of carboxylic acid groups (broad SMARTS) is 1. The molecule has 0 aromatic rings. The molecule has 1 aliphatic rings. The summed E-state index contributed by atoms with van der Waals surface area (Å²) in [5.74, 6) is 0. The van der Waals surface area contributed by atoms with Crippen LogP contribution >= 0.6 is 0 Å². The fourth-order valence-corrected chi connectivity index (χ4v) is 3.65. The Kier molecular flexibility index (Phi) is 4.97. The fraction of sp³-hybridized carbons (Fsp3) is 0.933. The van der Waals surface area contributed by atoms with Gasteiger partial charge in [-0.1, -0.05) is 20.8 Å². The second-order valence-corrected chi connectivity index (χ2v) is 12.9. The molecule has 0 radical (unpaired) electrons. The Balaban J connectivity index is 2.78. The van der Waals surface area contributed by atoms with E-state index in [1.807, 2.05) is 13.8 Å². The van der Waals surface area contributed by atoms with Crippen molar-refractivity contribution in [2.75, 3.05) is 6.61 Å². The molecule has 0 spiro atoms. The molecule has 1 N–H and O–H groups in total. The topological polar surface area (TPSA) is 49.8 Å². The van der Waals surface area contributed by atoms with Crippen molar-refractivity contribution in [3.8, 4) is 0 Å². The van der Waals surface area contributed by atoms with Gasteiger partial charge in [-0.25, -0.2) is 4.79 Å². The van der Waals surface area contributed by atoms with Crippen LogP contribution in [-0.2, 0) is 4.43 Å². The van der Waals surface area contributed by atoms with Gasteiger partial charge in [0.25, 0.3) is 0 Å². The molecule has 0 bridgehead atoms. The molecule has 1 saturated heterocycles. The average Bonchev–Trinajstić information content (AvgIpc) is 2.22.